The lowest BCUT2D eigenvalue weighted by atomic mass is 9.87. The van der Waals surface area contributed by atoms with E-state index in [4.69, 9.17) is 23.2 Å². The standard InChI is InChI=1S/C29H29Cl2F2N3O/c1-18-15-23(36-28-17-26(31)25(30)16-27(28)34-29(36)37)12-14-35(18)13-2-3-24(19-4-8-21(32)9-5-19)20-6-10-22(33)11-7-20/h4-11,16-18,23-24H,2-3,12-15H2,1H3,(H,34,37). The third kappa shape index (κ3) is 5.62. The Morgan fingerprint density at radius 2 is 1.57 bits per heavy atom. The van der Waals surface area contributed by atoms with Crippen LogP contribution in [-0.2, 0) is 0 Å². The average molecular weight is 544 g/mol. The van der Waals surface area contributed by atoms with Gasteiger partial charge in [0.1, 0.15) is 11.6 Å². The molecule has 1 saturated heterocycles. The van der Waals surface area contributed by atoms with Gasteiger partial charge in [0.25, 0.3) is 0 Å². The van der Waals surface area contributed by atoms with Crippen molar-refractivity contribution in [2.75, 3.05) is 13.1 Å². The van der Waals surface area contributed by atoms with E-state index in [0.717, 1.165) is 55.4 Å². The summed E-state index contributed by atoms with van der Waals surface area (Å²) in [6.07, 6.45) is 3.52. The summed E-state index contributed by atoms with van der Waals surface area (Å²) in [6, 6.07) is 17.0. The monoisotopic (exact) mass is 543 g/mol. The molecule has 3 aromatic carbocycles. The molecule has 0 aliphatic carbocycles. The molecule has 2 unspecified atom stereocenters. The van der Waals surface area contributed by atoms with Gasteiger partial charge in [0, 0.05) is 24.5 Å². The normalized spacial score (nSPS) is 18.6. The zero-order valence-corrected chi connectivity index (χ0v) is 22.1. The fourth-order valence-corrected chi connectivity index (χ4v) is 5.98. The Morgan fingerprint density at radius 1 is 0.973 bits per heavy atom. The summed E-state index contributed by atoms with van der Waals surface area (Å²) in [7, 11) is 0. The summed E-state index contributed by atoms with van der Waals surface area (Å²) in [5.41, 5.74) is 3.39. The van der Waals surface area contributed by atoms with Gasteiger partial charge in [-0.1, -0.05) is 47.5 Å². The quantitative estimate of drug-likeness (QED) is 0.261. The van der Waals surface area contributed by atoms with E-state index in [1.807, 2.05) is 28.8 Å². The minimum Gasteiger partial charge on any atom is -0.305 e. The molecule has 0 radical (unpaired) electrons. The Morgan fingerprint density at radius 3 is 2.16 bits per heavy atom. The summed E-state index contributed by atoms with van der Waals surface area (Å²) >= 11 is 12.4. The summed E-state index contributed by atoms with van der Waals surface area (Å²) in [6.45, 7) is 3.99. The number of H-pyrrole nitrogens is 1. The minimum absolute atomic E-state index is 0.0652. The van der Waals surface area contributed by atoms with E-state index in [1.54, 1.807) is 12.1 Å². The minimum atomic E-state index is -0.266. The molecule has 1 aliphatic rings. The molecular formula is C29H29Cl2F2N3O. The second-order valence-corrected chi connectivity index (χ2v) is 10.8. The molecule has 1 fully saturated rings. The number of piperidine rings is 1. The SMILES string of the molecule is CC1CC(n2c(=O)[nH]c3cc(Cl)c(Cl)cc32)CCN1CCCC(c1ccc(F)cc1)c1ccc(F)cc1. The zero-order chi connectivity index (χ0) is 26.1. The van der Waals surface area contributed by atoms with Crippen LogP contribution in [0.4, 0.5) is 8.78 Å². The average Bonchev–Trinajstić information content (AvgIpc) is 3.18. The van der Waals surface area contributed by atoms with Crippen LogP contribution in [0.3, 0.4) is 0 Å². The van der Waals surface area contributed by atoms with Gasteiger partial charge in [0.05, 0.1) is 21.1 Å². The van der Waals surface area contributed by atoms with Crippen LogP contribution in [0.1, 0.15) is 55.7 Å². The number of imidazole rings is 1. The molecule has 4 nitrogen and oxygen atoms in total. The molecule has 0 amide bonds. The topological polar surface area (TPSA) is 41.0 Å². The number of nitrogens with zero attached hydrogens (tertiary/aromatic N) is 2. The van der Waals surface area contributed by atoms with Gasteiger partial charge in [-0.2, -0.15) is 0 Å². The van der Waals surface area contributed by atoms with E-state index in [9.17, 15) is 13.6 Å². The molecule has 4 aromatic rings. The maximum Gasteiger partial charge on any atom is 0.326 e. The van der Waals surface area contributed by atoms with Crippen LogP contribution in [0.5, 0.6) is 0 Å². The van der Waals surface area contributed by atoms with E-state index >= 15 is 0 Å². The predicted octanol–water partition coefficient (Wildman–Crippen LogP) is 7.55. The lowest BCUT2D eigenvalue weighted by molar-refractivity contribution is 0.124. The van der Waals surface area contributed by atoms with Crippen molar-refractivity contribution in [3.05, 3.63) is 104 Å². The number of nitrogens with one attached hydrogen (secondary N) is 1. The molecule has 37 heavy (non-hydrogen) atoms. The van der Waals surface area contributed by atoms with Gasteiger partial charge in [-0.05, 0) is 86.7 Å². The van der Waals surface area contributed by atoms with Crippen molar-refractivity contribution in [1.82, 2.24) is 14.5 Å². The summed E-state index contributed by atoms with van der Waals surface area (Å²) in [4.78, 5) is 18.1. The lowest BCUT2D eigenvalue weighted by Crippen LogP contribution is -2.43. The summed E-state index contributed by atoms with van der Waals surface area (Å²) < 4.78 is 28.9. The highest BCUT2D eigenvalue weighted by Gasteiger charge is 2.29. The van der Waals surface area contributed by atoms with E-state index in [0.29, 0.717) is 21.6 Å². The third-order valence-corrected chi connectivity index (χ3v) is 8.31. The number of benzene rings is 3. The van der Waals surface area contributed by atoms with Gasteiger partial charge in [0.15, 0.2) is 0 Å². The molecule has 0 bridgehead atoms. The highest BCUT2D eigenvalue weighted by molar-refractivity contribution is 6.42. The highest BCUT2D eigenvalue weighted by Crippen LogP contribution is 2.33. The molecule has 0 saturated carbocycles. The highest BCUT2D eigenvalue weighted by atomic mass is 35.5. The van der Waals surface area contributed by atoms with Crippen molar-refractivity contribution < 1.29 is 8.78 Å². The van der Waals surface area contributed by atoms with Crippen LogP contribution in [0.15, 0.2) is 65.5 Å². The summed E-state index contributed by atoms with van der Waals surface area (Å²) in [5, 5.41) is 0.856. The third-order valence-electron chi connectivity index (χ3n) is 7.59. The lowest BCUT2D eigenvalue weighted by Gasteiger charge is -2.38. The van der Waals surface area contributed by atoms with Gasteiger partial charge in [0.2, 0.25) is 0 Å². The number of likely N-dealkylation sites (tertiary alicyclic amines) is 1. The number of hydrogen-bond donors (Lipinski definition) is 1. The van der Waals surface area contributed by atoms with Crippen molar-refractivity contribution in [3.8, 4) is 0 Å². The van der Waals surface area contributed by atoms with Crippen molar-refractivity contribution in [2.24, 2.45) is 0 Å². The molecule has 1 N–H and O–H groups in total. The van der Waals surface area contributed by atoms with Gasteiger partial charge in [-0.3, -0.25) is 4.57 Å². The van der Waals surface area contributed by atoms with Gasteiger partial charge < -0.3 is 9.88 Å². The maximum atomic E-state index is 13.5. The van der Waals surface area contributed by atoms with Crippen LogP contribution in [0.2, 0.25) is 10.0 Å². The number of halogens is 4. The van der Waals surface area contributed by atoms with E-state index in [1.165, 1.54) is 24.3 Å². The smallest absolute Gasteiger partial charge is 0.305 e. The molecule has 2 heterocycles. The Labute approximate surface area is 224 Å². The molecule has 5 rings (SSSR count). The first kappa shape index (κ1) is 26.0. The Bertz CT molecular complexity index is 1390. The molecular weight excluding hydrogens is 515 g/mol. The van der Waals surface area contributed by atoms with Crippen molar-refractivity contribution >= 4 is 34.2 Å². The van der Waals surface area contributed by atoms with Crippen molar-refractivity contribution in [2.45, 2.75) is 50.6 Å². The van der Waals surface area contributed by atoms with Gasteiger partial charge >= 0.3 is 5.69 Å². The Hall–Kier alpha value is -2.67. The van der Waals surface area contributed by atoms with E-state index < -0.39 is 0 Å². The van der Waals surface area contributed by atoms with Crippen LogP contribution in [0.25, 0.3) is 11.0 Å². The Balaban J connectivity index is 1.25. The number of rotatable bonds is 7. The molecule has 1 aromatic heterocycles. The van der Waals surface area contributed by atoms with Crippen LogP contribution in [-0.4, -0.2) is 33.6 Å². The molecule has 1 aliphatic heterocycles. The van der Waals surface area contributed by atoms with Crippen LogP contribution >= 0.6 is 23.2 Å². The predicted molar refractivity (Wildman–Crippen MR) is 146 cm³/mol. The van der Waals surface area contributed by atoms with Crippen molar-refractivity contribution in [3.63, 3.8) is 0 Å². The van der Waals surface area contributed by atoms with Crippen molar-refractivity contribution in [1.29, 1.82) is 0 Å². The second-order valence-electron chi connectivity index (χ2n) is 9.94. The van der Waals surface area contributed by atoms with Gasteiger partial charge in [-0.15, -0.1) is 0 Å². The molecule has 2 atom stereocenters. The number of aromatic amines is 1. The number of aromatic nitrogens is 2. The summed E-state index contributed by atoms with van der Waals surface area (Å²) in [5.74, 6) is -0.466. The second kappa shape index (κ2) is 11.0. The first-order valence-corrected chi connectivity index (χ1v) is 13.4. The van der Waals surface area contributed by atoms with Crippen LogP contribution in [0, 0.1) is 11.6 Å². The molecule has 8 heteroatoms. The fraction of sp³-hybridized carbons (Fsp3) is 0.345. The molecule has 194 valence electrons. The van der Waals surface area contributed by atoms with E-state index in [-0.39, 0.29) is 29.3 Å². The zero-order valence-electron chi connectivity index (χ0n) is 20.6. The number of hydrogen-bond acceptors (Lipinski definition) is 2. The maximum absolute atomic E-state index is 13.5. The number of fused-ring (bicyclic) bond motifs is 1. The van der Waals surface area contributed by atoms with E-state index in [2.05, 4.69) is 16.8 Å². The first-order valence-electron chi connectivity index (χ1n) is 12.6. The molecule has 0 spiro atoms. The van der Waals surface area contributed by atoms with Crippen LogP contribution < -0.4 is 5.69 Å². The largest absolute Gasteiger partial charge is 0.326 e. The fourth-order valence-electron chi connectivity index (χ4n) is 5.66. The Kier molecular flexibility index (Phi) is 7.70. The first-order chi connectivity index (χ1) is 17.8. The van der Waals surface area contributed by atoms with Gasteiger partial charge in [-0.25, -0.2) is 13.6 Å².